The van der Waals surface area contributed by atoms with Gasteiger partial charge in [-0.05, 0) is 47.7 Å². The first-order valence-corrected chi connectivity index (χ1v) is 7.39. The number of benzene rings is 1. The van der Waals surface area contributed by atoms with Gasteiger partial charge >= 0.3 is 0 Å². The predicted octanol–water partition coefficient (Wildman–Crippen LogP) is 1.62. The van der Waals surface area contributed by atoms with Gasteiger partial charge in [0.25, 0.3) is 5.91 Å². The van der Waals surface area contributed by atoms with Crippen LogP contribution in [0.5, 0.6) is 5.75 Å². The number of aryl methyl sites for hydroxylation is 2. The predicted molar refractivity (Wildman–Crippen MR) is 84.2 cm³/mol. The van der Waals surface area contributed by atoms with E-state index in [9.17, 15) is 4.79 Å². The molecule has 0 saturated carbocycles. The van der Waals surface area contributed by atoms with Gasteiger partial charge in [-0.25, -0.2) is 4.68 Å². The summed E-state index contributed by atoms with van der Waals surface area (Å²) in [6.45, 7) is 2.42. The Morgan fingerprint density at radius 2 is 2.21 bits per heavy atom. The molecule has 0 aliphatic rings. The smallest absolute Gasteiger partial charge is 0.251 e. The van der Waals surface area contributed by atoms with E-state index in [1.807, 2.05) is 19.1 Å². The van der Waals surface area contributed by atoms with Crippen LogP contribution in [0.25, 0.3) is 0 Å². The van der Waals surface area contributed by atoms with Crippen LogP contribution < -0.4 is 10.1 Å². The van der Waals surface area contributed by atoms with Gasteiger partial charge in [0.05, 0.1) is 6.54 Å². The average molecular weight is 327 g/mol. The van der Waals surface area contributed by atoms with E-state index >= 15 is 0 Å². The molecule has 3 aromatic rings. The van der Waals surface area contributed by atoms with Crippen LogP contribution >= 0.6 is 0 Å². The number of furan rings is 1. The largest absolute Gasteiger partial charge is 0.486 e. The molecule has 1 amide bonds. The lowest BCUT2D eigenvalue weighted by atomic mass is 10.2. The van der Waals surface area contributed by atoms with E-state index in [0.717, 1.165) is 5.76 Å². The minimum atomic E-state index is -0.199. The summed E-state index contributed by atoms with van der Waals surface area (Å²) in [5.41, 5.74) is 0.506. The number of ether oxygens (including phenoxy) is 1. The highest BCUT2D eigenvalue weighted by Gasteiger charge is 2.09. The Bertz CT molecular complexity index is 840. The van der Waals surface area contributed by atoms with Crippen molar-refractivity contribution in [2.45, 2.75) is 20.1 Å². The van der Waals surface area contributed by atoms with Gasteiger partial charge in [-0.3, -0.25) is 4.79 Å². The van der Waals surface area contributed by atoms with E-state index in [-0.39, 0.29) is 12.5 Å². The van der Waals surface area contributed by atoms with Gasteiger partial charge in [0, 0.05) is 12.6 Å². The fourth-order valence-corrected chi connectivity index (χ4v) is 2.09. The Morgan fingerprint density at radius 3 is 2.92 bits per heavy atom. The normalized spacial score (nSPS) is 10.6. The minimum absolute atomic E-state index is 0.199. The van der Waals surface area contributed by atoms with Crippen molar-refractivity contribution in [2.75, 3.05) is 0 Å². The molecule has 0 bridgehead atoms. The number of amides is 1. The van der Waals surface area contributed by atoms with Gasteiger partial charge in [0.15, 0.2) is 5.82 Å². The quantitative estimate of drug-likeness (QED) is 0.739. The van der Waals surface area contributed by atoms with E-state index < -0.39 is 0 Å². The van der Waals surface area contributed by atoms with Crippen LogP contribution in [0.4, 0.5) is 0 Å². The summed E-state index contributed by atoms with van der Waals surface area (Å²) in [5.74, 6) is 2.49. The monoisotopic (exact) mass is 327 g/mol. The highest BCUT2D eigenvalue weighted by atomic mass is 16.5. The zero-order valence-corrected chi connectivity index (χ0v) is 13.4. The Hall–Kier alpha value is -3.16. The van der Waals surface area contributed by atoms with Gasteiger partial charge < -0.3 is 14.5 Å². The molecule has 3 rings (SSSR count). The highest BCUT2D eigenvalue weighted by molar-refractivity contribution is 5.94. The lowest BCUT2D eigenvalue weighted by Crippen LogP contribution is -2.22. The van der Waals surface area contributed by atoms with Gasteiger partial charge in [0.1, 0.15) is 23.9 Å². The molecule has 0 unspecified atom stereocenters. The van der Waals surface area contributed by atoms with Crippen molar-refractivity contribution in [1.29, 1.82) is 0 Å². The van der Waals surface area contributed by atoms with Crippen molar-refractivity contribution in [2.24, 2.45) is 7.05 Å². The number of hydrogen-bond acceptors (Lipinski definition) is 6. The summed E-state index contributed by atoms with van der Waals surface area (Å²) in [6, 6.07) is 10.6. The standard InChI is InChI=1S/C16H17N5O3/c1-11-6-7-14(24-11)9-17-16(22)12-4-3-5-13(8-12)23-10-15-18-19-20-21(15)2/h3-8H,9-10H2,1-2H3,(H,17,22). The van der Waals surface area contributed by atoms with Gasteiger partial charge in [-0.1, -0.05) is 6.07 Å². The number of nitrogens with one attached hydrogen (secondary N) is 1. The fourth-order valence-electron chi connectivity index (χ4n) is 2.09. The summed E-state index contributed by atoms with van der Waals surface area (Å²) in [6.07, 6.45) is 0. The van der Waals surface area contributed by atoms with Crippen molar-refractivity contribution in [3.63, 3.8) is 0 Å². The molecule has 24 heavy (non-hydrogen) atoms. The number of aromatic nitrogens is 4. The van der Waals surface area contributed by atoms with Crippen LogP contribution in [-0.2, 0) is 20.2 Å². The molecule has 8 heteroatoms. The zero-order chi connectivity index (χ0) is 16.9. The van der Waals surface area contributed by atoms with E-state index in [1.54, 1.807) is 31.3 Å². The molecule has 124 valence electrons. The molecule has 0 atom stereocenters. The molecule has 0 fully saturated rings. The van der Waals surface area contributed by atoms with Crippen molar-refractivity contribution in [1.82, 2.24) is 25.5 Å². The average Bonchev–Trinajstić information content (AvgIpc) is 3.19. The molecule has 8 nitrogen and oxygen atoms in total. The number of rotatable bonds is 6. The summed E-state index contributed by atoms with van der Waals surface area (Å²) in [4.78, 5) is 12.2. The van der Waals surface area contributed by atoms with Crippen molar-refractivity contribution >= 4 is 5.91 Å². The van der Waals surface area contributed by atoms with Crippen molar-refractivity contribution < 1.29 is 13.9 Å². The molecule has 0 radical (unpaired) electrons. The molecule has 0 saturated heterocycles. The van der Waals surface area contributed by atoms with Crippen LogP contribution in [0.3, 0.4) is 0 Å². The lowest BCUT2D eigenvalue weighted by Gasteiger charge is -2.07. The summed E-state index contributed by atoms with van der Waals surface area (Å²) in [7, 11) is 1.74. The summed E-state index contributed by atoms with van der Waals surface area (Å²) >= 11 is 0. The number of carbonyl (C=O) groups is 1. The second kappa shape index (κ2) is 6.95. The Morgan fingerprint density at radius 1 is 1.33 bits per heavy atom. The third-order valence-electron chi connectivity index (χ3n) is 3.39. The Kier molecular flexibility index (Phi) is 4.55. The molecule has 2 aromatic heterocycles. The van der Waals surface area contributed by atoms with Crippen LogP contribution in [0.2, 0.25) is 0 Å². The second-order valence-electron chi connectivity index (χ2n) is 5.23. The summed E-state index contributed by atoms with van der Waals surface area (Å²) < 4.78 is 12.6. The molecule has 0 aliphatic heterocycles. The number of carbonyl (C=O) groups excluding carboxylic acids is 1. The second-order valence-corrected chi connectivity index (χ2v) is 5.23. The highest BCUT2D eigenvalue weighted by Crippen LogP contribution is 2.15. The number of hydrogen-bond donors (Lipinski definition) is 1. The lowest BCUT2D eigenvalue weighted by molar-refractivity contribution is 0.0947. The molecule has 1 N–H and O–H groups in total. The molecule has 0 aliphatic carbocycles. The van der Waals surface area contributed by atoms with Crippen LogP contribution in [0, 0.1) is 6.92 Å². The minimum Gasteiger partial charge on any atom is -0.486 e. The molecular formula is C16H17N5O3. The molecule has 2 heterocycles. The van der Waals surface area contributed by atoms with E-state index in [0.29, 0.717) is 29.4 Å². The maximum absolute atomic E-state index is 12.2. The van der Waals surface area contributed by atoms with Crippen molar-refractivity contribution in [3.05, 3.63) is 59.3 Å². The van der Waals surface area contributed by atoms with Crippen LogP contribution in [0.1, 0.15) is 27.7 Å². The number of tetrazole rings is 1. The van der Waals surface area contributed by atoms with E-state index in [1.165, 1.54) is 4.68 Å². The molecule has 1 aromatic carbocycles. The zero-order valence-electron chi connectivity index (χ0n) is 13.4. The first-order valence-electron chi connectivity index (χ1n) is 7.39. The third kappa shape index (κ3) is 3.78. The van der Waals surface area contributed by atoms with Gasteiger partial charge in [0.2, 0.25) is 0 Å². The van der Waals surface area contributed by atoms with Crippen molar-refractivity contribution in [3.8, 4) is 5.75 Å². The topological polar surface area (TPSA) is 95.1 Å². The van der Waals surface area contributed by atoms with E-state index in [4.69, 9.17) is 9.15 Å². The van der Waals surface area contributed by atoms with Crippen LogP contribution in [-0.4, -0.2) is 26.1 Å². The van der Waals surface area contributed by atoms with Gasteiger partial charge in [-0.15, -0.1) is 5.10 Å². The maximum atomic E-state index is 12.2. The maximum Gasteiger partial charge on any atom is 0.251 e. The van der Waals surface area contributed by atoms with Crippen LogP contribution in [0.15, 0.2) is 40.8 Å². The van der Waals surface area contributed by atoms with Gasteiger partial charge in [-0.2, -0.15) is 0 Å². The summed E-state index contributed by atoms with van der Waals surface area (Å²) in [5, 5.41) is 13.9. The Balaban J connectivity index is 1.59. The first-order chi connectivity index (χ1) is 11.6. The third-order valence-corrected chi connectivity index (χ3v) is 3.39. The molecule has 0 spiro atoms. The number of nitrogens with zero attached hydrogens (tertiary/aromatic N) is 4. The SMILES string of the molecule is Cc1ccc(CNC(=O)c2cccc(OCc3nnnn3C)c2)o1. The fraction of sp³-hybridized carbons (Fsp3) is 0.250. The first kappa shape index (κ1) is 15.7. The molecular weight excluding hydrogens is 310 g/mol. The van der Waals surface area contributed by atoms with E-state index in [2.05, 4.69) is 20.8 Å². The Labute approximate surface area is 138 Å².